The van der Waals surface area contributed by atoms with Crippen molar-refractivity contribution in [3.63, 3.8) is 0 Å². The molecular weight excluding hydrogens is 392 g/mol. The van der Waals surface area contributed by atoms with E-state index in [9.17, 15) is 13.2 Å². The smallest absolute Gasteiger partial charge is 0.255 e. The summed E-state index contributed by atoms with van der Waals surface area (Å²) in [5, 5.41) is 8.06. The van der Waals surface area contributed by atoms with Crippen LogP contribution in [0.1, 0.15) is 29.3 Å². The highest BCUT2D eigenvalue weighted by atomic mass is 35.5. The zero-order chi connectivity index (χ0) is 20.2. The Morgan fingerprint density at radius 2 is 1.96 bits per heavy atom. The van der Waals surface area contributed by atoms with Crippen LogP contribution in [0.3, 0.4) is 0 Å². The Hall–Kier alpha value is -2.29. The molecule has 0 fully saturated rings. The summed E-state index contributed by atoms with van der Waals surface area (Å²) in [6.07, 6.45) is 0.793. The number of carbonyl (C=O) groups excluding carboxylic acids is 1. The predicted octanol–water partition coefficient (Wildman–Crippen LogP) is 3.35. The number of methoxy groups -OCH3 is 1. The van der Waals surface area contributed by atoms with E-state index in [4.69, 9.17) is 26.2 Å². The number of nitrogens with two attached hydrogens (primary N) is 1. The van der Waals surface area contributed by atoms with Crippen LogP contribution in [0.4, 0.5) is 5.69 Å². The summed E-state index contributed by atoms with van der Waals surface area (Å²) in [4.78, 5) is 12.5. The van der Waals surface area contributed by atoms with Crippen LogP contribution in [0.5, 0.6) is 11.5 Å². The summed E-state index contributed by atoms with van der Waals surface area (Å²) in [5.74, 6) is 0.209. The van der Waals surface area contributed by atoms with Gasteiger partial charge in [-0.1, -0.05) is 24.6 Å². The summed E-state index contributed by atoms with van der Waals surface area (Å²) >= 11 is 6.22. The van der Waals surface area contributed by atoms with Gasteiger partial charge < -0.3 is 14.8 Å². The molecule has 0 aliphatic carbocycles. The lowest BCUT2D eigenvalue weighted by atomic mass is 10.1. The Labute approximate surface area is 163 Å². The first-order chi connectivity index (χ1) is 12.7. The normalized spacial score (nSPS) is 11.1. The highest BCUT2D eigenvalue weighted by Gasteiger charge is 2.17. The van der Waals surface area contributed by atoms with E-state index in [2.05, 4.69) is 5.32 Å². The topological polar surface area (TPSA) is 108 Å². The summed E-state index contributed by atoms with van der Waals surface area (Å²) in [6, 6.07) is 7.41. The Morgan fingerprint density at radius 3 is 2.56 bits per heavy atom. The van der Waals surface area contributed by atoms with Crippen molar-refractivity contribution < 1.29 is 22.7 Å². The number of hydrogen-bond acceptors (Lipinski definition) is 5. The Balaban J connectivity index is 2.32. The molecular formula is C18H21ClN2O5S. The second-order valence-electron chi connectivity index (χ2n) is 5.82. The predicted molar refractivity (Wildman–Crippen MR) is 104 cm³/mol. The second-order valence-corrected chi connectivity index (χ2v) is 7.75. The number of primary sulfonamides is 1. The maximum absolute atomic E-state index is 12.6. The molecule has 0 radical (unpaired) electrons. The third-order valence-electron chi connectivity index (χ3n) is 3.69. The number of rotatable bonds is 7. The quantitative estimate of drug-likeness (QED) is 0.725. The standard InChI is InChI=1S/C18H21ClN2O5S/c1-4-7-26-17-14(19)8-12(9-15(17)25-3)18(22)21-13-6-5-11(2)16(10-13)27(20,23)24/h5-6,8-10H,4,7H2,1-3H3,(H,21,22)(H2,20,23,24). The first kappa shape index (κ1) is 21.0. The third kappa shape index (κ3) is 5.12. The number of hydrogen-bond donors (Lipinski definition) is 2. The van der Waals surface area contributed by atoms with Crippen LogP contribution in [0, 0.1) is 6.92 Å². The third-order valence-corrected chi connectivity index (χ3v) is 5.03. The second kappa shape index (κ2) is 8.60. The number of benzene rings is 2. The van der Waals surface area contributed by atoms with Crippen molar-refractivity contribution in [3.05, 3.63) is 46.5 Å². The van der Waals surface area contributed by atoms with Gasteiger partial charge >= 0.3 is 0 Å². The number of anilines is 1. The Morgan fingerprint density at radius 1 is 1.26 bits per heavy atom. The Bertz CT molecular complexity index is 960. The minimum atomic E-state index is -3.90. The highest BCUT2D eigenvalue weighted by Crippen LogP contribution is 2.36. The van der Waals surface area contributed by atoms with E-state index in [1.54, 1.807) is 19.1 Å². The van der Waals surface area contributed by atoms with E-state index >= 15 is 0 Å². The van der Waals surface area contributed by atoms with Gasteiger partial charge in [0.2, 0.25) is 10.0 Å². The average Bonchev–Trinajstić information content (AvgIpc) is 2.60. The van der Waals surface area contributed by atoms with E-state index in [1.807, 2.05) is 6.92 Å². The van der Waals surface area contributed by atoms with Gasteiger partial charge in [0, 0.05) is 11.3 Å². The van der Waals surface area contributed by atoms with Crippen molar-refractivity contribution in [2.24, 2.45) is 5.14 Å². The van der Waals surface area contributed by atoms with Crippen LogP contribution in [0.15, 0.2) is 35.2 Å². The maximum Gasteiger partial charge on any atom is 0.255 e. The molecule has 0 heterocycles. The fourth-order valence-electron chi connectivity index (χ4n) is 2.38. The zero-order valence-electron chi connectivity index (χ0n) is 15.2. The molecule has 0 atom stereocenters. The number of halogens is 1. The first-order valence-corrected chi connectivity index (χ1v) is 10.0. The molecule has 146 valence electrons. The molecule has 0 spiro atoms. The summed E-state index contributed by atoms with van der Waals surface area (Å²) in [6.45, 7) is 4.03. The SMILES string of the molecule is CCCOc1c(Cl)cc(C(=O)Nc2ccc(C)c(S(N)(=O)=O)c2)cc1OC. The molecule has 9 heteroatoms. The van der Waals surface area contributed by atoms with Crippen LogP contribution in [0.2, 0.25) is 5.02 Å². The Kier molecular flexibility index (Phi) is 6.69. The number of carbonyl (C=O) groups is 1. The van der Waals surface area contributed by atoms with Crippen molar-refractivity contribution in [1.82, 2.24) is 0 Å². The van der Waals surface area contributed by atoms with Gasteiger partial charge in [0.25, 0.3) is 5.91 Å². The number of sulfonamides is 1. The molecule has 1 amide bonds. The number of aryl methyl sites for hydroxylation is 1. The minimum absolute atomic E-state index is 0.0563. The first-order valence-electron chi connectivity index (χ1n) is 8.12. The lowest BCUT2D eigenvalue weighted by Gasteiger charge is -2.14. The van der Waals surface area contributed by atoms with Gasteiger partial charge in [-0.3, -0.25) is 4.79 Å². The molecule has 2 rings (SSSR count). The van der Waals surface area contributed by atoms with Crippen molar-refractivity contribution >= 4 is 33.2 Å². The summed E-state index contributed by atoms with van der Waals surface area (Å²) < 4.78 is 34.1. The molecule has 0 unspecified atom stereocenters. The van der Waals surface area contributed by atoms with Crippen LogP contribution in [-0.4, -0.2) is 28.0 Å². The van der Waals surface area contributed by atoms with Crippen LogP contribution in [-0.2, 0) is 10.0 Å². The van der Waals surface area contributed by atoms with Crippen LogP contribution < -0.4 is 19.9 Å². The maximum atomic E-state index is 12.6. The van der Waals surface area contributed by atoms with E-state index in [0.717, 1.165) is 6.42 Å². The van der Waals surface area contributed by atoms with E-state index < -0.39 is 15.9 Å². The van der Waals surface area contributed by atoms with E-state index in [-0.39, 0.29) is 21.2 Å². The number of nitrogens with one attached hydrogen (secondary N) is 1. The molecule has 0 aliphatic heterocycles. The van der Waals surface area contributed by atoms with Gasteiger partial charge in [-0.2, -0.15) is 0 Å². The monoisotopic (exact) mass is 412 g/mol. The fraction of sp³-hybridized carbons (Fsp3) is 0.278. The molecule has 27 heavy (non-hydrogen) atoms. The van der Waals surface area contributed by atoms with Crippen molar-refractivity contribution in [1.29, 1.82) is 0 Å². The van der Waals surface area contributed by atoms with Crippen LogP contribution in [0.25, 0.3) is 0 Å². The molecule has 7 nitrogen and oxygen atoms in total. The molecule has 2 aromatic carbocycles. The molecule has 0 aliphatic rings. The van der Waals surface area contributed by atoms with Crippen molar-refractivity contribution in [2.45, 2.75) is 25.2 Å². The van der Waals surface area contributed by atoms with E-state index in [1.165, 1.54) is 25.3 Å². The average molecular weight is 413 g/mol. The largest absolute Gasteiger partial charge is 0.493 e. The van der Waals surface area contributed by atoms with Gasteiger partial charge in [0.15, 0.2) is 11.5 Å². The fourth-order valence-corrected chi connectivity index (χ4v) is 3.46. The van der Waals surface area contributed by atoms with Gasteiger partial charge in [-0.25, -0.2) is 13.6 Å². The lowest BCUT2D eigenvalue weighted by Crippen LogP contribution is -2.16. The minimum Gasteiger partial charge on any atom is -0.493 e. The van der Waals surface area contributed by atoms with Gasteiger partial charge in [-0.05, 0) is 43.2 Å². The lowest BCUT2D eigenvalue weighted by molar-refractivity contribution is 0.102. The highest BCUT2D eigenvalue weighted by molar-refractivity contribution is 7.89. The molecule has 0 saturated carbocycles. The zero-order valence-corrected chi connectivity index (χ0v) is 16.8. The van der Waals surface area contributed by atoms with Crippen LogP contribution >= 0.6 is 11.6 Å². The number of amides is 1. The summed E-state index contributed by atoms with van der Waals surface area (Å²) in [5.41, 5.74) is 1.01. The van der Waals surface area contributed by atoms with Gasteiger partial charge in [0.05, 0.1) is 23.6 Å². The number of ether oxygens (including phenoxy) is 2. The summed E-state index contributed by atoms with van der Waals surface area (Å²) in [7, 11) is -2.45. The van der Waals surface area contributed by atoms with Gasteiger partial charge in [-0.15, -0.1) is 0 Å². The molecule has 0 aromatic heterocycles. The van der Waals surface area contributed by atoms with Crippen molar-refractivity contribution in [2.75, 3.05) is 19.0 Å². The molecule has 3 N–H and O–H groups in total. The van der Waals surface area contributed by atoms with E-state index in [0.29, 0.717) is 23.7 Å². The molecule has 0 saturated heterocycles. The van der Waals surface area contributed by atoms with Gasteiger partial charge in [0.1, 0.15) is 0 Å². The molecule has 0 bridgehead atoms. The molecule has 2 aromatic rings. The van der Waals surface area contributed by atoms with Crippen molar-refractivity contribution in [3.8, 4) is 11.5 Å².